The van der Waals surface area contributed by atoms with E-state index in [1.165, 1.54) is 22.3 Å². The van der Waals surface area contributed by atoms with Crippen molar-refractivity contribution in [2.45, 2.75) is 33.2 Å². The molecule has 1 N–H and O–H groups in total. The van der Waals surface area contributed by atoms with E-state index in [0.29, 0.717) is 0 Å². The van der Waals surface area contributed by atoms with Crippen molar-refractivity contribution in [3.05, 3.63) is 46.5 Å². The van der Waals surface area contributed by atoms with Crippen LogP contribution in [0.3, 0.4) is 0 Å². The largest absolute Gasteiger partial charge is 0.313 e. The number of hydrogen-bond donors (Lipinski definition) is 1. The van der Waals surface area contributed by atoms with Gasteiger partial charge in [0.2, 0.25) is 0 Å². The highest BCUT2D eigenvalue weighted by atomic mass is 15.3. The standard InChI is InChI=1S/C15H22N4/c1-10-6-11(2)15(12(3)7-10)13(16-4)8-14-17-9-18-19(14)5/h6-7,9,13,16H,8H2,1-5H3. The van der Waals surface area contributed by atoms with Gasteiger partial charge in [-0.1, -0.05) is 17.7 Å². The van der Waals surface area contributed by atoms with Gasteiger partial charge in [0.15, 0.2) is 0 Å². The molecular formula is C15H22N4. The average Bonchev–Trinajstić information content (AvgIpc) is 2.72. The average molecular weight is 258 g/mol. The number of hydrogen-bond acceptors (Lipinski definition) is 3. The number of aromatic nitrogens is 3. The molecule has 1 aromatic carbocycles. The van der Waals surface area contributed by atoms with Crippen molar-refractivity contribution < 1.29 is 0 Å². The number of likely N-dealkylation sites (N-methyl/N-ethyl adjacent to an activating group) is 1. The first kappa shape index (κ1) is 13.7. The van der Waals surface area contributed by atoms with Crippen molar-refractivity contribution in [2.24, 2.45) is 7.05 Å². The van der Waals surface area contributed by atoms with Crippen LogP contribution in [-0.4, -0.2) is 21.8 Å². The van der Waals surface area contributed by atoms with Gasteiger partial charge >= 0.3 is 0 Å². The van der Waals surface area contributed by atoms with Crippen LogP contribution >= 0.6 is 0 Å². The molecule has 0 aliphatic carbocycles. The van der Waals surface area contributed by atoms with Crippen molar-refractivity contribution in [1.29, 1.82) is 0 Å². The van der Waals surface area contributed by atoms with Gasteiger partial charge in [-0.15, -0.1) is 0 Å². The molecule has 4 heteroatoms. The van der Waals surface area contributed by atoms with Crippen LogP contribution < -0.4 is 5.32 Å². The molecule has 0 aliphatic rings. The fourth-order valence-corrected chi connectivity index (χ4v) is 2.78. The Morgan fingerprint density at radius 1 is 1.21 bits per heavy atom. The summed E-state index contributed by atoms with van der Waals surface area (Å²) in [7, 11) is 3.93. The van der Waals surface area contributed by atoms with Crippen molar-refractivity contribution in [1.82, 2.24) is 20.1 Å². The van der Waals surface area contributed by atoms with E-state index in [1.807, 2.05) is 18.8 Å². The van der Waals surface area contributed by atoms with Gasteiger partial charge in [0, 0.05) is 19.5 Å². The van der Waals surface area contributed by atoms with E-state index in [-0.39, 0.29) is 6.04 Å². The minimum Gasteiger partial charge on any atom is -0.313 e. The minimum atomic E-state index is 0.267. The molecule has 0 fully saturated rings. The van der Waals surface area contributed by atoms with E-state index < -0.39 is 0 Å². The number of nitrogens with zero attached hydrogens (tertiary/aromatic N) is 3. The highest BCUT2D eigenvalue weighted by Gasteiger charge is 2.17. The number of rotatable bonds is 4. The van der Waals surface area contributed by atoms with E-state index in [9.17, 15) is 0 Å². The van der Waals surface area contributed by atoms with E-state index in [0.717, 1.165) is 12.2 Å². The molecule has 0 amide bonds. The van der Waals surface area contributed by atoms with Crippen LogP contribution in [-0.2, 0) is 13.5 Å². The molecule has 0 spiro atoms. The Balaban J connectivity index is 2.35. The van der Waals surface area contributed by atoms with Crippen molar-refractivity contribution in [3.8, 4) is 0 Å². The van der Waals surface area contributed by atoms with Gasteiger partial charge < -0.3 is 5.32 Å². The third-order valence-corrected chi connectivity index (χ3v) is 3.63. The lowest BCUT2D eigenvalue weighted by Crippen LogP contribution is -2.22. The monoisotopic (exact) mass is 258 g/mol. The molecule has 2 rings (SSSR count). The van der Waals surface area contributed by atoms with Crippen LogP contribution in [0.25, 0.3) is 0 Å². The molecule has 2 aromatic rings. The third kappa shape index (κ3) is 2.84. The lowest BCUT2D eigenvalue weighted by molar-refractivity contribution is 0.548. The van der Waals surface area contributed by atoms with Gasteiger partial charge in [0.05, 0.1) is 0 Å². The van der Waals surface area contributed by atoms with Gasteiger partial charge in [0.1, 0.15) is 12.2 Å². The van der Waals surface area contributed by atoms with Gasteiger partial charge in [-0.2, -0.15) is 5.10 Å². The van der Waals surface area contributed by atoms with Gasteiger partial charge in [-0.3, -0.25) is 4.68 Å². The smallest absolute Gasteiger partial charge is 0.138 e. The third-order valence-electron chi connectivity index (χ3n) is 3.63. The summed E-state index contributed by atoms with van der Waals surface area (Å²) in [6, 6.07) is 4.75. The molecule has 0 saturated heterocycles. The highest BCUT2D eigenvalue weighted by molar-refractivity contribution is 5.40. The molecule has 1 atom stereocenters. The fraction of sp³-hybridized carbons (Fsp3) is 0.467. The maximum absolute atomic E-state index is 4.32. The zero-order chi connectivity index (χ0) is 14.0. The predicted molar refractivity (Wildman–Crippen MR) is 77.2 cm³/mol. The Hall–Kier alpha value is -1.68. The summed E-state index contributed by atoms with van der Waals surface area (Å²) >= 11 is 0. The molecule has 0 radical (unpaired) electrons. The summed E-state index contributed by atoms with van der Waals surface area (Å²) in [4.78, 5) is 4.32. The molecule has 4 nitrogen and oxygen atoms in total. The zero-order valence-electron chi connectivity index (χ0n) is 12.4. The second-order valence-corrected chi connectivity index (χ2v) is 5.16. The van der Waals surface area contributed by atoms with Crippen LogP contribution in [0.1, 0.15) is 34.1 Å². The maximum atomic E-state index is 4.32. The van der Waals surface area contributed by atoms with Gasteiger partial charge in [-0.05, 0) is 44.5 Å². The molecule has 0 saturated carbocycles. The summed E-state index contributed by atoms with van der Waals surface area (Å²) in [5.41, 5.74) is 5.35. The van der Waals surface area contributed by atoms with E-state index in [4.69, 9.17) is 0 Å². The predicted octanol–water partition coefficient (Wildman–Crippen LogP) is 2.24. The summed E-state index contributed by atoms with van der Waals surface area (Å²) < 4.78 is 1.84. The normalized spacial score (nSPS) is 12.7. The van der Waals surface area contributed by atoms with Gasteiger partial charge in [-0.25, -0.2) is 4.98 Å². The lowest BCUT2D eigenvalue weighted by Gasteiger charge is -2.21. The van der Waals surface area contributed by atoms with E-state index in [2.05, 4.69) is 48.3 Å². The SMILES string of the molecule is CNC(Cc1ncnn1C)c1c(C)cc(C)cc1C. The number of aryl methyl sites for hydroxylation is 4. The van der Waals surface area contributed by atoms with E-state index in [1.54, 1.807) is 6.33 Å². The highest BCUT2D eigenvalue weighted by Crippen LogP contribution is 2.25. The zero-order valence-corrected chi connectivity index (χ0v) is 12.4. The topological polar surface area (TPSA) is 42.7 Å². The summed E-state index contributed by atoms with van der Waals surface area (Å²) in [6.07, 6.45) is 2.45. The number of benzene rings is 1. The Bertz CT molecular complexity index is 548. The van der Waals surface area contributed by atoms with E-state index >= 15 is 0 Å². The Labute approximate surface area is 114 Å². The van der Waals surface area contributed by atoms with Crippen LogP contribution in [0.15, 0.2) is 18.5 Å². The van der Waals surface area contributed by atoms with Crippen molar-refractivity contribution in [3.63, 3.8) is 0 Å². The lowest BCUT2D eigenvalue weighted by atomic mass is 9.92. The molecule has 0 aliphatic heterocycles. The van der Waals surface area contributed by atoms with Gasteiger partial charge in [0.25, 0.3) is 0 Å². The van der Waals surface area contributed by atoms with Crippen LogP contribution in [0.2, 0.25) is 0 Å². The van der Waals surface area contributed by atoms with Crippen LogP contribution in [0, 0.1) is 20.8 Å². The summed E-state index contributed by atoms with van der Waals surface area (Å²) in [6.45, 7) is 6.49. The van der Waals surface area contributed by atoms with Crippen molar-refractivity contribution >= 4 is 0 Å². The second-order valence-electron chi connectivity index (χ2n) is 5.16. The van der Waals surface area contributed by atoms with Crippen molar-refractivity contribution in [2.75, 3.05) is 7.05 Å². The molecule has 0 bridgehead atoms. The fourth-order valence-electron chi connectivity index (χ4n) is 2.78. The molecule has 19 heavy (non-hydrogen) atoms. The number of nitrogens with one attached hydrogen (secondary N) is 1. The Morgan fingerprint density at radius 3 is 2.32 bits per heavy atom. The van der Waals surface area contributed by atoms with Crippen LogP contribution in [0.5, 0.6) is 0 Å². The molecule has 1 aromatic heterocycles. The quantitative estimate of drug-likeness (QED) is 0.914. The molecule has 1 heterocycles. The van der Waals surface area contributed by atoms with Crippen LogP contribution in [0.4, 0.5) is 0 Å². The summed E-state index contributed by atoms with van der Waals surface area (Å²) in [5.74, 6) is 0.999. The first-order valence-electron chi connectivity index (χ1n) is 6.60. The Kier molecular flexibility index (Phi) is 4.00. The first-order chi connectivity index (χ1) is 9.02. The molecular weight excluding hydrogens is 236 g/mol. The maximum Gasteiger partial charge on any atom is 0.138 e. The molecule has 1 unspecified atom stereocenters. The summed E-state index contributed by atoms with van der Waals surface area (Å²) in [5, 5.41) is 7.54. The minimum absolute atomic E-state index is 0.267. The Morgan fingerprint density at radius 2 is 1.84 bits per heavy atom. The molecule has 102 valence electrons. The second kappa shape index (κ2) is 5.53. The first-order valence-corrected chi connectivity index (χ1v) is 6.60.